The van der Waals surface area contributed by atoms with E-state index >= 15 is 0 Å². The van der Waals surface area contributed by atoms with Crippen LogP contribution in [-0.2, 0) is 30.5 Å². The summed E-state index contributed by atoms with van der Waals surface area (Å²) in [6, 6.07) is 19.1. The quantitative estimate of drug-likeness (QED) is 0.203. The van der Waals surface area contributed by atoms with Crippen LogP contribution in [0.15, 0.2) is 65.6 Å². The van der Waals surface area contributed by atoms with E-state index in [0.717, 1.165) is 16.5 Å². The third-order valence-corrected chi connectivity index (χ3v) is 9.10. The first-order valence-electron chi connectivity index (χ1n) is 9.37. The summed E-state index contributed by atoms with van der Waals surface area (Å²) in [7, 11) is -5.13. The van der Waals surface area contributed by atoms with E-state index in [1.54, 1.807) is 6.07 Å². The van der Waals surface area contributed by atoms with E-state index in [-0.39, 0.29) is 32.7 Å². The molecule has 0 saturated carbocycles. The van der Waals surface area contributed by atoms with Gasteiger partial charge in [-0.25, -0.2) is 0 Å². The number of nitrogens with zero attached hydrogens (tertiary/aromatic N) is 1. The molecule has 7 heteroatoms. The molecule has 0 aliphatic carbocycles. The minimum absolute atomic E-state index is 0. The number of aromatic nitrogens is 1. The van der Waals surface area contributed by atoms with Gasteiger partial charge in [0.15, 0.2) is 0 Å². The second kappa shape index (κ2) is 12.6. The molecular formula is C23H32NO3PPdS. The Bertz CT molecular complexity index is 1030. The molecule has 0 atom stereocenters. The zero-order valence-electron chi connectivity index (χ0n) is 18.4. The van der Waals surface area contributed by atoms with E-state index in [9.17, 15) is 13.0 Å². The minimum Gasteiger partial charge on any atom is -0.358 e. The Morgan fingerprint density at radius 1 is 0.867 bits per heavy atom. The van der Waals surface area contributed by atoms with Gasteiger partial charge in [0.05, 0.1) is 16.8 Å². The van der Waals surface area contributed by atoms with Gasteiger partial charge in [0.2, 0.25) is 0 Å². The van der Waals surface area contributed by atoms with Gasteiger partial charge in [0, 0.05) is 39.4 Å². The summed E-state index contributed by atoms with van der Waals surface area (Å²) >= 11 is 0. The van der Waals surface area contributed by atoms with Crippen LogP contribution in [0.5, 0.6) is 0 Å². The number of hydrogen-bond donors (Lipinski definition) is 1. The van der Waals surface area contributed by atoms with Gasteiger partial charge < -0.3 is 7.43 Å². The molecule has 0 bridgehead atoms. The molecule has 2 aromatic carbocycles. The van der Waals surface area contributed by atoms with E-state index in [1.807, 2.05) is 43.3 Å². The van der Waals surface area contributed by atoms with Gasteiger partial charge in [0.1, 0.15) is 10.2 Å². The maximum absolute atomic E-state index is 11.4. The molecule has 0 spiro atoms. The predicted octanol–water partition coefficient (Wildman–Crippen LogP) is 5.58. The Morgan fingerprint density at radius 2 is 1.40 bits per heavy atom. The van der Waals surface area contributed by atoms with E-state index in [2.05, 4.69) is 44.8 Å². The number of para-hydroxylation sites is 1. The van der Waals surface area contributed by atoms with Crippen LogP contribution in [0.3, 0.4) is 0 Å². The molecule has 0 aliphatic rings. The fraction of sp³-hybridized carbons (Fsp3) is 0.304. The van der Waals surface area contributed by atoms with Crippen molar-refractivity contribution in [1.29, 1.82) is 0 Å². The summed E-state index contributed by atoms with van der Waals surface area (Å²) in [5, 5.41) is 2.02. The van der Waals surface area contributed by atoms with Crippen molar-refractivity contribution in [2.24, 2.45) is 0 Å². The van der Waals surface area contributed by atoms with Crippen molar-refractivity contribution < 1.29 is 33.4 Å². The van der Waals surface area contributed by atoms with Crippen LogP contribution in [0.4, 0.5) is 0 Å². The van der Waals surface area contributed by atoms with Crippen molar-refractivity contribution in [3.05, 3.63) is 73.8 Å². The Morgan fingerprint density at radius 3 is 1.97 bits per heavy atom. The molecule has 3 rings (SSSR count). The van der Waals surface area contributed by atoms with Crippen LogP contribution >= 0.6 is 7.92 Å². The summed E-state index contributed by atoms with van der Waals surface area (Å²) in [6.07, 6.45) is 0. The number of rotatable bonds is 4. The molecule has 1 N–H and O–H groups in total. The number of fused-ring (bicyclic) bond motifs is 1. The van der Waals surface area contributed by atoms with E-state index in [4.69, 9.17) is 0 Å². The fourth-order valence-corrected chi connectivity index (χ4v) is 7.96. The van der Waals surface area contributed by atoms with Gasteiger partial charge in [-0.15, -0.1) is 0 Å². The third-order valence-electron chi connectivity index (χ3n) is 4.46. The molecule has 0 aliphatic heterocycles. The van der Waals surface area contributed by atoms with Gasteiger partial charge >= 0.3 is 0 Å². The standard InChI is InChI=1S/C12H19O3PS.C10H9N.CH3.Pd/c1-9(2)16(10(3)4)11-7-5-6-8-12(11)17(13,14)15;1-8-6-7-9-4-2-3-5-10(9)11-8;;/h5-10H,1-4H3,(H,13,14,15);2-7H,1H3;1H3;/q;;-1;/p+1. The maximum atomic E-state index is 11.4. The van der Waals surface area contributed by atoms with Crippen molar-refractivity contribution in [3.63, 3.8) is 0 Å². The molecule has 3 aromatic rings. The van der Waals surface area contributed by atoms with Crippen LogP contribution in [0.25, 0.3) is 10.9 Å². The normalized spacial score (nSPS) is 11.0. The van der Waals surface area contributed by atoms with Crippen LogP contribution in [-0.4, -0.2) is 29.3 Å². The molecule has 0 radical (unpaired) electrons. The van der Waals surface area contributed by atoms with Crippen LogP contribution < -0.4 is 5.30 Å². The second-order valence-corrected chi connectivity index (χ2v) is 12.5. The molecule has 0 fully saturated rings. The average Bonchev–Trinajstić information content (AvgIpc) is 2.61. The fourth-order valence-electron chi connectivity index (χ4n) is 3.39. The summed E-state index contributed by atoms with van der Waals surface area (Å²) in [6.45, 7) is 10.4. The second-order valence-electron chi connectivity index (χ2n) is 7.38. The Balaban J connectivity index is 0.000000562. The maximum Gasteiger partial charge on any atom is 0.298 e. The topological polar surface area (TPSA) is 67.3 Å². The van der Waals surface area contributed by atoms with Gasteiger partial charge in [-0.05, 0) is 58.9 Å². The van der Waals surface area contributed by atoms with Crippen LogP contribution in [0, 0.1) is 14.4 Å². The zero-order valence-corrected chi connectivity index (χ0v) is 21.7. The molecule has 1 aromatic heterocycles. The van der Waals surface area contributed by atoms with Gasteiger partial charge in [0.25, 0.3) is 10.1 Å². The van der Waals surface area contributed by atoms with Crippen LogP contribution in [0.1, 0.15) is 33.4 Å². The third kappa shape index (κ3) is 7.84. The van der Waals surface area contributed by atoms with E-state index < -0.39 is 18.0 Å². The zero-order chi connectivity index (χ0) is 20.9. The number of benzene rings is 2. The molecule has 1 heterocycles. The number of pyridine rings is 1. The summed E-state index contributed by atoms with van der Waals surface area (Å²) < 4.78 is 32.0. The summed E-state index contributed by atoms with van der Waals surface area (Å²) in [5.74, 6) is 0. The largest absolute Gasteiger partial charge is 0.358 e. The SMILES string of the molecule is CC(C)[PH+](c1ccccc1S(=O)(=O)O)C(C)C.Cc1ccc2ccccc2n1.[CH3-].[Pd]. The molecule has 0 amide bonds. The average molecular weight is 540 g/mol. The van der Waals surface area contributed by atoms with Gasteiger partial charge in [-0.2, -0.15) is 8.42 Å². The first kappa shape index (κ1) is 28.9. The molecule has 0 saturated heterocycles. The molecule has 0 unspecified atom stereocenters. The van der Waals surface area contributed by atoms with E-state index in [0.29, 0.717) is 11.3 Å². The Labute approximate surface area is 196 Å². The monoisotopic (exact) mass is 539 g/mol. The molecule has 168 valence electrons. The molecule has 30 heavy (non-hydrogen) atoms. The summed E-state index contributed by atoms with van der Waals surface area (Å²) in [5.41, 5.74) is 2.99. The smallest absolute Gasteiger partial charge is 0.298 e. The van der Waals surface area contributed by atoms with Crippen molar-refractivity contribution in [3.8, 4) is 0 Å². The minimum atomic E-state index is -4.12. The van der Waals surface area contributed by atoms with Gasteiger partial charge in [-0.1, -0.05) is 36.4 Å². The van der Waals surface area contributed by atoms with Crippen molar-refractivity contribution in [2.75, 3.05) is 0 Å². The van der Waals surface area contributed by atoms with E-state index in [1.165, 1.54) is 11.5 Å². The predicted molar refractivity (Wildman–Crippen MR) is 127 cm³/mol. The van der Waals surface area contributed by atoms with Crippen LogP contribution in [0.2, 0.25) is 0 Å². The first-order valence-corrected chi connectivity index (χ1v) is 12.5. The number of aryl methyl sites for hydroxylation is 1. The van der Waals surface area contributed by atoms with Crippen molar-refractivity contribution in [2.45, 2.75) is 50.8 Å². The van der Waals surface area contributed by atoms with Crippen molar-refractivity contribution in [1.82, 2.24) is 4.98 Å². The Kier molecular flexibility index (Phi) is 12.2. The molecular weight excluding hydrogens is 508 g/mol. The molecule has 4 nitrogen and oxygen atoms in total. The van der Waals surface area contributed by atoms with Gasteiger partial charge in [-0.3, -0.25) is 9.54 Å². The van der Waals surface area contributed by atoms with Crippen molar-refractivity contribution >= 4 is 34.2 Å². The summed E-state index contributed by atoms with van der Waals surface area (Å²) in [4.78, 5) is 4.46. The Hall–Kier alpha value is -1.15. The first-order chi connectivity index (χ1) is 13.1. The number of hydrogen-bond acceptors (Lipinski definition) is 3.